The summed E-state index contributed by atoms with van der Waals surface area (Å²) in [5, 5.41) is 2.66. The van der Waals surface area contributed by atoms with Crippen LogP contribution in [0.4, 0.5) is 0 Å². The van der Waals surface area contributed by atoms with Crippen molar-refractivity contribution in [1.29, 1.82) is 0 Å². The lowest BCUT2D eigenvalue weighted by Gasteiger charge is -2.27. The smallest absolute Gasteiger partial charge is 0.291 e. The molecule has 0 saturated carbocycles. The molecule has 8 heteroatoms. The molecule has 0 bridgehead atoms. The molecule has 1 saturated heterocycles. The van der Waals surface area contributed by atoms with Gasteiger partial charge in [-0.05, 0) is 35.9 Å². The lowest BCUT2D eigenvalue weighted by Crippen LogP contribution is -2.44. The number of amides is 2. The number of carbonyl (C=O) groups is 2. The van der Waals surface area contributed by atoms with Gasteiger partial charge in [-0.3, -0.25) is 9.59 Å². The number of furan rings is 1. The molecule has 0 unspecified atom stereocenters. The molecule has 28 heavy (non-hydrogen) atoms. The number of nitrogens with zero attached hydrogens (tertiary/aromatic N) is 1. The Labute approximate surface area is 162 Å². The second-order valence-corrected chi connectivity index (χ2v) is 6.01. The van der Waals surface area contributed by atoms with Gasteiger partial charge in [-0.15, -0.1) is 0 Å². The van der Waals surface area contributed by atoms with Crippen molar-refractivity contribution in [2.45, 2.75) is 0 Å². The molecule has 1 aromatic heterocycles. The van der Waals surface area contributed by atoms with Crippen molar-refractivity contribution in [2.75, 3.05) is 40.5 Å². The minimum atomic E-state index is -0.502. The van der Waals surface area contributed by atoms with Crippen LogP contribution in [0, 0.1) is 0 Å². The van der Waals surface area contributed by atoms with Gasteiger partial charge in [-0.25, -0.2) is 0 Å². The average Bonchev–Trinajstić information content (AvgIpc) is 3.28. The van der Waals surface area contributed by atoms with Crippen LogP contribution in [0.3, 0.4) is 0 Å². The number of nitrogens with one attached hydrogen (secondary N) is 1. The lowest BCUT2D eigenvalue weighted by molar-refractivity contribution is -0.131. The molecule has 2 amide bonds. The highest BCUT2D eigenvalue weighted by Gasteiger charge is 2.23. The van der Waals surface area contributed by atoms with Crippen molar-refractivity contribution in [1.82, 2.24) is 10.2 Å². The third-order valence-electron chi connectivity index (χ3n) is 4.24. The quantitative estimate of drug-likeness (QED) is 0.763. The zero-order chi connectivity index (χ0) is 19.9. The van der Waals surface area contributed by atoms with E-state index < -0.39 is 5.91 Å². The van der Waals surface area contributed by atoms with Crippen molar-refractivity contribution < 1.29 is 28.2 Å². The molecule has 0 atom stereocenters. The molecular weight excluding hydrogens is 364 g/mol. The van der Waals surface area contributed by atoms with Gasteiger partial charge in [0.25, 0.3) is 11.8 Å². The van der Waals surface area contributed by atoms with Gasteiger partial charge in [0.05, 0.1) is 33.7 Å². The fourth-order valence-electron chi connectivity index (χ4n) is 2.79. The summed E-state index contributed by atoms with van der Waals surface area (Å²) in [6, 6.07) is 8.37. The maximum absolute atomic E-state index is 13.0. The number of rotatable bonds is 6. The highest BCUT2D eigenvalue weighted by atomic mass is 16.5. The fourth-order valence-corrected chi connectivity index (χ4v) is 2.79. The van der Waals surface area contributed by atoms with Crippen LogP contribution in [0.25, 0.3) is 6.08 Å². The first-order valence-electron chi connectivity index (χ1n) is 8.78. The van der Waals surface area contributed by atoms with Crippen molar-refractivity contribution in [3.8, 4) is 11.5 Å². The van der Waals surface area contributed by atoms with E-state index in [0.29, 0.717) is 43.4 Å². The maximum Gasteiger partial charge on any atom is 0.291 e. The number of ether oxygens (including phenoxy) is 3. The predicted octanol–water partition coefficient (Wildman–Crippen LogP) is 1.93. The van der Waals surface area contributed by atoms with E-state index in [2.05, 4.69) is 5.32 Å². The Morgan fingerprint density at radius 1 is 1.11 bits per heavy atom. The minimum absolute atomic E-state index is 0.119. The fraction of sp³-hybridized carbons (Fsp3) is 0.300. The monoisotopic (exact) mass is 386 g/mol. The number of hydrogen-bond acceptors (Lipinski definition) is 6. The largest absolute Gasteiger partial charge is 0.493 e. The van der Waals surface area contributed by atoms with Crippen LogP contribution in [0.2, 0.25) is 0 Å². The molecule has 148 valence electrons. The topological polar surface area (TPSA) is 90.2 Å². The van der Waals surface area contributed by atoms with Crippen molar-refractivity contribution in [3.05, 3.63) is 53.6 Å². The standard InChI is InChI=1S/C20H22N2O6/c1-25-16-6-5-14(13-18(16)26-2)12-15(20(24)22-7-10-27-11-8-22)21-19(23)17-4-3-9-28-17/h3-6,9,12-13H,7-8,10-11H2,1-2H3,(H,21,23)/b15-12+. The SMILES string of the molecule is COc1ccc(/C=C(/NC(=O)c2ccco2)C(=O)N2CCOCC2)cc1OC. The van der Waals surface area contributed by atoms with Crippen molar-refractivity contribution in [3.63, 3.8) is 0 Å². The Morgan fingerprint density at radius 3 is 2.50 bits per heavy atom. The zero-order valence-corrected chi connectivity index (χ0v) is 15.8. The Kier molecular flexibility index (Phi) is 6.33. The molecule has 0 radical (unpaired) electrons. The van der Waals surface area contributed by atoms with Gasteiger partial charge in [0.1, 0.15) is 5.70 Å². The summed E-state index contributed by atoms with van der Waals surface area (Å²) in [6.07, 6.45) is 3.00. The molecule has 2 aromatic rings. The van der Waals surface area contributed by atoms with Gasteiger partial charge >= 0.3 is 0 Å². The molecule has 1 N–H and O–H groups in total. The highest BCUT2D eigenvalue weighted by molar-refractivity contribution is 6.04. The first kappa shape index (κ1) is 19.5. The summed E-state index contributed by atoms with van der Waals surface area (Å²) < 4.78 is 21.0. The predicted molar refractivity (Wildman–Crippen MR) is 101 cm³/mol. The normalized spacial score (nSPS) is 14.5. The van der Waals surface area contributed by atoms with Crippen LogP contribution in [-0.2, 0) is 9.53 Å². The first-order chi connectivity index (χ1) is 13.6. The van der Waals surface area contributed by atoms with E-state index in [4.69, 9.17) is 18.6 Å². The van der Waals surface area contributed by atoms with E-state index in [0.717, 1.165) is 0 Å². The van der Waals surface area contributed by atoms with Crippen LogP contribution in [0.1, 0.15) is 16.1 Å². The second kappa shape index (κ2) is 9.09. The summed E-state index contributed by atoms with van der Waals surface area (Å²) in [7, 11) is 3.08. The number of carbonyl (C=O) groups excluding carboxylic acids is 2. The van der Waals surface area contributed by atoms with Gasteiger partial charge < -0.3 is 28.8 Å². The summed E-state index contributed by atoms with van der Waals surface area (Å²) in [5.74, 6) is 0.413. The van der Waals surface area contributed by atoms with E-state index in [1.807, 2.05) is 0 Å². The lowest BCUT2D eigenvalue weighted by atomic mass is 10.1. The van der Waals surface area contributed by atoms with E-state index in [1.54, 1.807) is 42.4 Å². The Hall–Kier alpha value is -3.26. The summed E-state index contributed by atoms with van der Waals surface area (Å²) in [5.41, 5.74) is 0.810. The number of hydrogen-bond donors (Lipinski definition) is 1. The Bertz CT molecular complexity index is 854. The Morgan fingerprint density at radius 2 is 1.86 bits per heavy atom. The van der Waals surface area contributed by atoms with Crippen LogP contribution < -0.4 is 14.8 Å². The zero-order valence-electron chi connectivity index (χ0n) is 15.8. The molecule has 1 aliphatic rings. The highest BCUT2D eigenvalue weighted by Crippen LogP contribution is 2.28. The second-order valence-electron chi connectivity index (χ2n) is 6.01. The van der Waals surface area contributed by atoms with Crippen LogP contribution in [0.5, 0.6) is 11.5 Å². The number of methoxy groups -OCH3 is 2. The van der Waals surface area contributed by atoms with E-state index in [1.165, 1.54) is 19.4 Å². The molecule has 3 rings (SSSR count). The molecule has 0 spiro atoms. The van der Waals surface area contributed by atoms with Gasteiger partial charge in [0.2, 0.25) is 0 Å². The number of benzene rings is 1. The summed E-state index contributed by atoms with van der Waals surface area (Å²) >= 11 is 0. The van der Waals surface area contributed by atoms with Crippen molar-refractivity contribution in [2.24, 2.45) is 0 Å². The maximum atomic E-state index is 13.0. The summed E-state index contributed by atoms with van der Waals surface area (Å²) in [6.45, 7) is 1.83. The molecule has 1 aliphatic heterocycles. The first-order valence-corrected chi connectivity index (χ1v) is 8.78. The van der Waals surface area contributed by atoms with Gasteiger partial charge in [-0.2, -0.15) is 0 Å². The molecule has 8 nitrogen and oxygen atoms in total. The van der Waals surface area contributed by atoms with Crippen LogP contribution in [0.15, 0.2) is 46.7 Å². The van der Waals surface area contributed by atoms with Gasteiger partial charge in [0.15, 0.2) is 17.3 Å². The third-order valence-corrected chi connectivity index (χ3v) is 4.24. The molecule has 0 aliphatic carbocycles. The van der Waals surface area contributed by atoms with E-state index >= 15 is 0 Å². The van der Waals surface area contributed by atoms with Crippen LogP contribution >= 0.6 is 0 Å². The third kappa shape index (κ3) is 4.52. The molecule has 1 aromatic carbocycles. The Balaban J connectivity index is 1.91. The number of morpholine rings is 1. The van der Waals surface area contributed by atoms with E-state index in [9.17, 15) is 9.59 Å². The average molecular weight is 386 g/mol. The van der Waals surface area contributed by atoms with Gasteiger partial charge in [0, 0.05) is 13.1 Å². The molecular formula is C20H22N2O6. The van der Waals surface area contributed by atoms with Gasteiger partial charge in [-0.1, -0.05) is 6.07 Å². The summed E-state index contributed by atoms with van der Waals surface area (Å²) in [4.78, 5) is 27.1. The van der Waals surface area contributed by atoms with Crippen LogP contribution in [-0.4, -0.2) is 57.2 Å². The van der Waals surface area contributed by atoms with Crippen molar-refractivity contribution >= 4 is 17.9 Å². The minimum Gasteiger partial charge on any atom is -0.493 e. The molecule has 2 heterocycles. The molecule has 1 fully saturated rings. The van der Waals surface area contributed by atoms with E-state index in [-0.39, 0.29) is 17.4 Å².